The number of carbonyl (C=O) groups is 1. The second-order valence-electron chi connectivity index (χ2n) is 6.89. The minimum atomic E-state index is -0.437. The van der Waals surface area contributed by atoms with Crippen molar-refractivity contribution in [3.8, 4) is 17.0 Å². The van der Waals surface area contributed by atoms with Crippen molar-refractivity contribution in [2.45, 2.75) is 25.2 Å². The average molecular weight is 583 g/mol. The van der Waals surface area contributed by atoms with Crippen molar-refractivity contribution in [2.75, 3.05) is 11.1 Å². The number of thioether (sulfide) groups is 1. The van der Waals surface area contributed by atoms with Gasteiger partial charge in [0.25, 0.3) is 0 Å². The molecule has 0 saturated carbocycles. The standard InChI is InChI=1S/C22H18BrClFN5O2S2/c1-2-30-19(10-32-18-8-7-15(25)9-16(18)24)28-29-22(30)34-12-20(31)27-21-26-17(11-33-21)13-3-5-14(23)6-4-13/h3-9,11H,2,10,12H2,1H3,(H,26,27,31). The lowest BCUT2D eigenvalue weighted by Gasteiger charge is -2.10. The molecule has 0 aliphatic heterocycles. The quantitative estimate of drug-likeness (QED) is 0.234. The number of thiazole rings is 1. The van der Waals surface area contributed by atoms with E-state index in [1.165, 1.54) is 41.3 Å². The van der Waals surface area contributed by atoms with Crippen LogP contribution in [0.2, 0.25) is 5.02 Å². The number of ether oxygens (including phenoxy) is 1. The van der Waals surface area contributed by atoms with Gasteiger partial charge in [0, 0.05) is 22.0 Å². The Bertz CT molecular complexity index is 1300. The maximum Gasteiger partial charge on any atom is 0.236 e. The van der Waals surface area contributed by atoms with Crippen molar-refractivity contribution in [1.82, 2.24) is 19.7 Å². The smallest absolute Gasteiger partial charge is 0.236 e. The molecule has 2 heterocycles. The minimum absolute atomic E-state index is 0.108. The van der Waals surface area contributed by atoms with E-state index in [9.17, 15) is 9.18 Å². The molecule has 1 N–H and O–H groups in total. The predicted molar refractivity (Wildman–Crippen MR) is 136 cm³/mol. The average Bonchev–Trinajstić information content (AvgIpc) is 3.44. The Balaban J connectivity index is 1.33. The molecule has 2 aromatic carbocycles. The van der Waals surface area contributed by atoms with E-state index in [4.69, 9.17) is 16.3 Å². The molecule has 34 heavy (non-hydrogen) atoms. The number of nitrogens with one attached hydrogen (secondary N) is 1. The number of hydrogen-bond acceptors (Lipinski definition) is 7. The van der Waals surface area contributed by atoms with Gasteiger partial charge in [-0.2, -0.15) is 0 Å². The van der Waals surface area contributed by atoms with E-state index in [0.29, 0.717) is 28.4 Å². The molecule has 0 atom stereocenters. The summed E-state index contributed by atoms with van der Waals surface area (Å²) in [7, 11) is 0. The molecule has 4 aromatic rings. The van der Waals surface area contributed by atoms with Gasteiger partial charge in [-0.3, -0.25) is 4.79 Å². The normalized spacial score (nSPS) is 10.9. The molecule has 0 aliphatic rings. The van der Waals surface area contributed by atoms with Crippen LogP contribution in [0, 0.1) is 5.82 Å². The van der Waals surface area contributed by atoms with Crippen molar-refractivity contribution in [3.63, 3.8) is 0 Å². The van der Waals surface area contributed by atoms with E-state index in [1.54, 1.807) is 0 Å². The fourth-order valence-corrected chi connectivity index (χ4v) is 5.00. The Morgan fingerprint density at radius 2 is 2.06 bits per heavy atom. The van der Waals surface area contributed by atoms with Crippen LogP contribution in [0.25, 0.3) is 11.3 Å². The van der Waals surface area contributed by atoms with Crippen LogP contribution < -0.4 is 10.1 Å². The number of halogens is 3. The molecular weight excluding hydrogens is 565 g/mol. The highest BCUT2D eigenvalue weighted by Gasteiger charge is 2.15. The van der Waals surface area contributed by atoms with Gasteiger partial charge in [-0.1, -0.05) is 51.4 Å². The summed E-state index contributed by atoms with van der Waals surface area (Å²) in [5.74, 6) is 0.449. The summed E-state index contributed by atoms with van der Waals surface area (Å²) in [4.78, 5) is 16.9. The van der Waals surface area contributed by atoms with Gasteiger partial charge in [0.2, 0.25) is 5.91 Å². The molecule has 176 valence electrons. The molecule has 4 rings (SSSR count). The summed E-state index contributed by atoms with van der Waals surface area (Å²) >= 11 is 12.1. The molecule has 0 aliphatic carbocycles. The van der Waals surface area contributed by atoms with E-state index in [2.05, 4.69) is 36.4 Å². The van der Waals surface area contributed by atoms with Crippen molar-refractivity contribution in [2.24, 2.45) is 0 Å². The first kappa shape index (κ1) is 24.6. The highest BCUT2D eigenvalue weighted by atomic mass is 79.9. The van der Waals surface area contributed by atoms with E-state index in [-0.39, 0.29) is 23.3 Å². The number of carbonyl (C=O) groups excluding carboxylic acids is 1. The second-order valence-corrected chi connectivity index (χ2v) is 10.0. The Morgan fingerprint density at radius 3 is 2.79 bits per heavy atom. The minimum Gasteiger partial charge on any atom is -0.484 e. The zero-order valence-corrected chi connectivity index (χ0v) is 21.8. The van der Waals surface area contributed by atoms with Crippen LogP contribution in [0.4, 0.5) is 9.52 Å². The summed E-state index contributed by atoms with van der Waals surface area (Å²) in [6, 6.07) is 11.7. The maximum absolute atomic E-state index is 13.2. The first-order valence-corrected chi connectivity index (χ1v) is 13.1. The molecule has 12 heteroatoms. The number of anilines is 1. The summed E-state index contributed by atoms with van der Waals surface area (Å²) in [6.45, 7) is 2.65. The van der Waals surface area contributed by atoms with Crippen LogP contribution in [-0.2, 0) is 17.9 Å². The topological polar surface area (TPSA) is 81.9 Å². The molecule has 0 fully saturated rings. The van der Waals surface area contributed by atoms with Crippen molar-refractivity contribution < 1.29 is 13.9 Å². The third-order valence-corrected chi connectivity index (χ3v) is 7.13. The predicted octanol–water partition coefficient (Wildman–Crippen LogP) is 6.29. The van der Waals surface area contributed by atoms with E-state index >= 15 is 0 Å². The van der Waals surface area contributed by atoms with Gasteiger partial charge in [0.05, 0.1) is 16.5 Å². The van der Waals surface area contributed by atoms with Crippen LogP contribution >= 0.6 is 50.6 Å². The number of aromatic nitrogens is 4. The lowest BCUT2D eigenvalue weighted by atomic mass is 10.2. The van der Waals surface area contributed by atoms with Gasteiger partial charge < -0.3 is 14.6 Å². The molecular formula is C22H18BrClFN5O2S2. The Hall–Kier alpha value is -2.47. The molecule has 0 unspecified atom stereocenters. The Labute approximate surface area is 216 Å². The molecule has 0 radical (unpaired) electrons. The van der Waals surface area contributed by atoms with Crippen LogP contribution in [0.1, 0.15) is 12.7 Å². The van der Waals surface area contributed by atoms with Crippen molar-refractivity contribution in [3.05, 3.63) is 69.0 Å². The Kier molecular flexibility index (Phi) is 8.19. The first-order valence-electron chi connectivity index (χ1n) is 10.1. The van der Waals surface area contributed by atoms with Gasteiger partial charge in [-0.05, 0) is 37.3 Å². The van der Waals surface area contributed by atoms with Gasteiger partial charge in [0.15, 0.2) is 16.1 Å². The summed E-state index contributed by atoms with van der Waals surface area (Å²) < 4.78 is 21.7. The SMILES string of the molecule is CCn1c(COc2ccc(F)cc2Cl)nnc1SCC(=O)Nc1nc(-c2ccc(Br)cc2)cs1. The maximum atomic E-state index is 13.2. The van der Waals surface area contributed by atoms with Crippen molar-refractivity contribution >= 4 is 61.7 Å². The highest BCUT2D eigenvalue weighted by molar-refractivity contribution is 9.10. The third kappa shape index (κ3) is 6.15. The fourth-order valence-electron chi connectivity index (χ4n) is 2.95. The summed E-state index contributed by atoms with van der Waals surface area (Å²) in [5, 5.41) is 14.4. The summed E-state index contributed by atoms with van der Waals surface area (Å²) in [5.41, 5.74) is 1.78. The number of benzene rings is 2. The van der Waals surface area contributed by atoms with Crippen molar-refractivity contribution in [1.29, 1.82) is 0 Å². The zero-order chi connectivity index (χ0) is 24.1. The zero-order valence-electron chi connectivity index (χ0n) is 17.8. The number of nitrogens with zero attached hydrogens (tertiary/aromatic N) is 4. The van der Waals surface area contributed by atoms with E-state index in [1.807, 2.05) is 41.1 Å². The second kappa shape index (κ2) is 11.3. The lowest BCUT2D eigenvalue weighted by Crippen LogP contribution is -2.14. The van der Waals surface area contributed by atoms with E-state index < -0.39 is 5.82 Å². The molecule has 0 bridgehead atoms. The largest absolute Gasteiger partial charge is 0.484 e. The van der Waals surface area contributed by atoms with Crippen LogP contribution in [0.3, 0.4) is 0 Å². The van der Waals surface area contributed by atoms with Gasteiger partial charge in [0.1, 0.15) is 18.2 Å². The highest BCUT2D eigenvalue weighted by Crippen LogP contribution is 2.28. The van der Waals surface area contributed by atoms with E-state index in [0.717, 1.165) is 15.7 Å². The molecule has 7 nitrogen and oxygen atoms in total. The third-order valence-electron chi connectivity index (χ3n) is 4.58. The molecule has 0 spiro atoms. The molecule has 2 aromatic heterocycles. The van der Waals surface area contributed by atoms with Gasteiger partial charge in [-0.15, -0.1) is 21.5 Å². The van der Waals surface area contributed by atoms with Crippen LogP contribution in [0.5, 0.6) is 5.75 Å². The van der Waals surface area contributed by atoms with Crippen LogP contribution in [0.15, 0.2) is 57.5 Å². The molecule has 1 amide bonds. The van der Waals surface area contributed by atoms with Gasteiger partial charge in [-0.25, -0.2) is 9.37 Å². The first-order chi connectivity index (χ1) is 16.4. The number of hydrogen-bond donors (Lipinski definition) is 1. The number of amides is 1. The monoisotopic (exact) mass is 581 g/mol. The lowest BCUT2D eigenvalue weighted by molar-refractivity contribution is -0.113. The van der Waals surface area contributed by atoms with Gasteiger partial charge >= 0.3 is 0 Å². The van der Waals surface area contributed by atoms with Crippen LogP contribution in [-0.4, -0.2) is 31.4 Å². The summed E-state index contributed by atoms with van der Waals surface area (Å²) in [6.07, 6.45) is 0. The molecule has 0 saturated heterocycles. The fraction of sp³-hybridized carbons (Fsp3) is 0.182. The number of rotatable bonds is 9. The Morgan fingerprint density at radius 1 is 1.26 bits per heavy atom.